The standard InChI is InChI=1S/C12H15N5O3S/c1-7(2)17-11(13)15-16-12(17)21-6-9(18)14-10(19)8-4-3-5-20-8/h3-5,7H,6H2,1-2H3,(H2,13,15)(H,14,18,19). The van der Waals surface area contributed by atoms with Gasteiger partial charge >= 0.3 is 0 Å². The predicted molar refractivity (Wildman–Crippen MR) is 76.7 cm³/mol. The summed E-state index contributed by atoms with van der Waals surface area (Å²) >= 11 is 1.16. The van der Waals surface area contributed by atoms with E-state index >= 15 is 0 Å². The van der Waals surface area contributed by atoms with Gasteiger partial charge in [0.15, 0.2) is 10.9 Å². The molecular weight excluding hydrogens is 294 g/mol. The summed E-state index contributed by atoms with van der Waals surface area (Å²) in [6.45, 7) is 3.87. The van der Waals surface area contributed by atoms with E-state index in [1.165, 1.54) is 12.3 Å². The molecule has 0 aliphatic heterocycles. The number of nitrogens with two attached hydrogens (primary N) is 1. The molecule has 0 saturated heterocycles. The second-order valence-electron chi connectivity index (χ2n) is 4.45. The molecule has 0 radical (unpaired) electrons. The minimum Gasteiger partial charge on any atom is -0.459 e. The molecule has 21 heavy (non-hydrogen) atoms. The largest absolute Gasteiger partial charge is 0.459 e. The molecule has 0 bridgehead atoms. The number of aromatic nitrogens is 3. The van der Waals surface area contributed by atoms with Crippen LogP contribution < -0.4 is 11.1 Å². The predicted octanol–water partition coefficient (Wildman–Crippen LogP) is 1.08. The van der Waals surface area contributed by atoms with Crippen LogP contribution in [0, 0.1) is 0 Å². The maximum absolute atomic E-state index is 11.7. The number of carbonyl (C=O) groups is 2. The summed E-state index contributed by atoms with van der Waals surface area (Å²) in [5.41, 5.74) is 5.70. The van der Waals surface area contributed by atoms with Crippen LogP contribution in [0.15, 0.2) is 28.0 Å². The minimum absolute atomic E-state index is 0.0251. The summed E-state index contributed by atoms with van der Waals surface area (Å²) in [5.74, 6) is -0.617. The van der Waals surface area contributed by atoms with Crippen molar-refractivity contribution in [3.8, 4) is 0 Å². The number of hydrogen-bond acceptors (Lipinski definition) is 7. The molecule has 0 spiro atoms. The Hall–Kier alpha value is -2.29. The first-order valence-corrected chi connectivity index (χ1v) is 7.18. The highest BCUT2D eigenvalue weighted by Gasteiger charge is 2.16. The van der Waals surface area contributed by atoms with Crippen molar-refractivity contribution in [2.45, 2.75) is 25.0 Å². The van der Waals surface area contributed by atoms with Crippen LogP contribution in [0.3, 0.4) is 0 Å². The number of anilines is 1. The zero-order valence-electron chi connectivity index (χ0n) is 11.6. The highest BCUT2D eigenvalue weighted by Crippen LogP contribution is 2.22. The monoisotopic (exact) mass is 309 g/mol. The lowest BCUT2D eigenvalue weighted by Gasteiger charge is -2.10. The molecule has 112 valence electrons. The molecular formula is C12H15N5O3S. The van der Waals surface area contributed by atoms with E-state index in [0.29, 0.717) is 11.1 Å². The molecule has 0 aromatic carbocycles. The number of rotatable bonds is 5. The zero-order valence-corrected chi connectivity index (χ0v) is 12.4. The Bertz CT molecular complexity index is 635. The van der Waals surface area contributed by atoms with Gasteiger partial charge in [0, 0.05) is 6.04 Å². The second-order valence-corrected chi connectivity index (χ2v) is 5.39. The van der Waals surface area contributed by atoms with Crippen LogP contribution in [-0.2, 0) is 4.79 Å². The van der Waals surface area contributed by atoms with Crippen molar-refractivity contribution in [1.82, 2.24) is 20.1 Å². The van der Waals surface area contributed by atoms with Crippen molar-refractivity contribution >= 4 is 29.5 Å². The number of imide groups is 1. The van der Waals surface area contributed by atoms with E-state index < -0.39 is 11.8 Å². The normalized spacial score (nSPS) is 10.8. The minimum atomic E-state index is -0.574. The Morgan fingerprint density at radius 1 is 1.48 bits per heavy atom. The van der Waals surface area contributed by atoms with Crippen molar-refractivity contribution in [3.05, 3.63) is 24.2 Å². The molecule has 2 aromatic rings. The molecule has 8 nitrogen and oxygen atoms in total. The Morgan fingerprint density at radius 2 is 2.24 bits per heavy atom. The van der Waals surface area contributed by atoms with E-state index in [9.17, 15) is 9.59 Å². The summed E-state index contributed by atoms with van der Waals surface area (Å²) in [6.07, 6.45) is 1.36. The van der Waals surface area contributed by atoms with Crippen molar-refractivity contribution in [2.24, 2.45) is 0 Å². The average molecular weight is 309 g/mol. The number of carbonyl (C=O) groups excluding carboxylic acids is 2. The van der Waals surface area contributed by atoms with E-state index in [1.807, 2.05) is 13.8 Å². The van der Waals surface area contributed by atoms with Gasteiger partial charge in [-0.25, -0.2) is 0 Å². The van der Waals surface area contributed by atoms with Crippen LogP contribution in [0.2, 0.25) is 0 Å². The summed E-state index contributed by atoms with van der Waals surface area (Å²) in [6, 6.07) is 3.13. The third-order valence-corrected chi connectivity index (χ3v) is 3.48. The highest BCUT2D eigenvalue weighted by molar-refractivity contribution is 7.99. The molecule has 9 heteroatoms. The molecule has 2 rings (SSSR count). The fraction of sp³-hybridized carbons (Fsp3) is 0.333. The Balaban J connectivity index is 1.91. The van der Waals surface area contributed by atoms with E-state index in [1.54, 1.807) is 10.6 Å². The number of thioether (sulfide) groups is 1. The van der Waals surface area contributed by atoms with Gasteiger partial charge in [-0.3, -0.25) is 19.5 Å². The van der Waals surface area contributed by atoms with Gasteiger partial charge in [-0.15, -0.1) is 10.2 Å². The Kier molecular flexibility index (Phi) is 4.63. The number of nitrogens with zero attached hydrogens (tertiary/aromatic N) is 3. The van der Waals surface area contributed by atoms with Crippen molar-refractivity contribution < 1.29 is 14.0 Å². The molecule has 3 N–H and O–H groups in total. The summed E-state index contributed by atoms with van der Waals surface area (Å²) in [5, 5.41) is 10.4. The van der Waals surface area contributed by atoms with Gasteiger partial charge < -0.3 is 10.2 Å². The lowest BCUT2D eigenvalue weighted by atomic mass is 10.4. The van der Waals surface area contributed by atoms with Crippen LogP contribution in [0.25, 0.3) is 0 Å². The van der Waals surface area contributed by atoms with E-state index in [0.717, 1.165) is 11.8 Å². The van der Waals surface area contributed by atoms with Crippen LogP contribution >= 0.6 is 11.8 Å². The van der Waals surface area contributed by atoms with Gasteiger partial charge in [0.2, 0.25) is 11.9 Å². The molecule has 0 atom stereocenters. The van der Waals surface area contributed by atoms with Crippen LogP contribution in [0.5, 0.6) is 0 Å². The van der Waals surface area contributed by atoms with E-state index in [-0.39, 0.29) is 17.6 Å². The Labute approximate surface area is 125 Å². The number of furan rings is 1. The van der Waals surface area contributed by atoms with Crippen LogP contribution in [0.1, 0.15) is 30.4 Å². The molecule has 2 aromatic heterocycles. The topological polar surface area (TPSA) is 116 Å². The van der Waals surface area contributed by atoms with Crippen molar-refractivity contribution in [1.29, 1.82) is 0 Å². The van der Waals surface area contributed by atoms with Gasteiger partial charge in [0.05, 0.1) is 12.0 Å². The lowest BCUT2D eigenvalue weighted by Crippen LogP contribution is -2.31. The van der Waals surface area contributed by atoms with Crippen LogP contribution in [-0.4, -0.2) is 32.3 Å². The first-order chi connectivity index (χ1) is 9.99. The van der Waals surface area contributed by atoms with Crippen molar-refractivity contribution in [2.75, 3.05) is 11.5 Å². The summed E-state index contributed by atoms with van der Waals surface area (Å²) in [7, 11) is 0. The third-order valence-electron chi connectivity index (χ3n) is 2.54. The molecule has 0 aliphatic rings. The smallest absolute Gasteiger partial charge is 0.293 e. The fourth-order valence-corrected chi connectivity index (χ4v) is 2.51. The van der Waals surface area contributed by atoms with Gasteiger partial charge in [0.1, 0.15) is 0 Å². The highest BCUT2D eigenvalue weighted by atomic mass is 32.2. The Morgan fingerprint density at radius 3 is 2.86 bits per heavy atom. The number of nitrogen functional groups attached to an aromatic ring is 1. The summed E-state index contributed by atoms with van der Waals surface area (Å²) in [4.78, 5) is 23.3. The number of hydrogen-bond donors (Lipinski definition) is 2. The zero-order chi connectivity index (χ0) is 15.4. The van der Waals surface area contributed by atoms with Crippen LogP contribution in [0.4, 0.5) is 5.95 Å². The molecule has 2 heterocycles. The summed E-state index contributed by atoms with van der Waals surface area (Å²) < 4.78 is 6.61. The second kappa shape index (κ2) is 6.44. The average Bonchev–Trinajstić information content (AvgIpc) is 3.05. The molecule has 0 saturated carbocycles. The maximum Gasteiger partial charge on any atom is 0.293 e. The lowest BCUT2D eigenvalue weighted by molar-refractivity contribution is -0.117. The third kappa shape index (κ3) is 3.63. The van der Waals surface area contributed by atoms with Gasteiger partial charge in [-0.1, -0.05) is 11.8 Å². The SMILES string of the molecule is CC(C)n1c(N)nnc1SCC(=O)NC(=O)c1ccco1. The van der Waals surface area contributed by atoms with E-state index in [2.05, 4.69) is 15.5 Å². The van der Waals surface area contributed by atoms with Gasteiger partial charge in [-0.2, -0.15) is 0 Å². The van der Waals surface area contributed by atoms with Gasteiger partial charge in [0.25, 0.3) is 5.91 Å². The van der Waals surface area contributed by atoms with Crippen molar-refractivity contribution in [3.63, 3.8) is 0 Å². The molecule has 2 amide bonds. The van der Waals surface area contributed by atoms with Gasteiger partial charge in [-0.05, 0) is 26.0 Å². The first kappa shape index (κ1) is 15.1. The molecule has 0 unspecified atom stereocenters. The molecule has 0 fully saturated rings. The quantitative estimate of drug-likeness (QED) is 0.794. The number of amides is 2. The maximum atomic E-state index is 11.7. The molecule has 0 aliphatic carbocycles. The fourth-order valence-electron chi connectivity index (χ4n) is 1.63. The first-order valence-electron chi connectivity index (χ1n) is 6.20. The van der Waals surface area contributed by atoms with E-state index in [4.69, 9.17) is 10.2 Å². The number of nitrogens with one attached hydrogen (secondary N) is 1.